The van der Waals surface area contributed by atoms with Crippen LogP contribution in [0.15, 0.2) is 30.2 Å². The molecule has 0 aliphatic rings. The zero-order valence-corrected chi connectivity index (χ0v) is 8.22. The number of benzene rings is 1. The molecular formula is C8H5NaO3. The van der Waals surface area contributed by atoms with E-state index in [1.807, 2.05) is 0 Å². The third-order valence-corrected chi connectivity index (χ3v) is 0.912. The third kappa shape index (κ3) is 2.77. The number of carbonyl (C=O) groups is 2. The summed E-state index contributed by atoms with van der Waals surface area (Å²) in [5.41, 5.74) is -0.883. The molecule has 0 spiro atoms. The van der Waals surface area contributed by atoms with E-state index in [2.05, 4.69) is 0 Å². The van der Waals surface area contributed by atoms with Crippen LogP contribution < -0.4 is 34.7 Å². The second kappa shape index (κ2) is 5.09. The van der Waals surface area contributed by atoms with Gasteiger partial charge >= 0.3 is 29.6 Å². The van der Waals surface area contributed by atoms with Crippen LogP contribution in [-0.2, 0) is 4.79 Å². The normalized spacial score (nSPS) is 14.2. The molecule has 0 aliphatic heterocycles. The van der Waals surface area contributed by atoms with Crippen molar-refractivity contribution in [1.29, 1.82) is 0 Å². The van der Waals surface area contributed by atoms with Crippen LogP contribution in [0.5, 0.6) is 0 Å². The first-order valence-electron chi connectivity index (χ1n) is 5.11. The first kappa shape index (κ1) is 5.17. The van der Waals surface area contributed by atoms with E-state index in [-0.39, 0.29) is 29.6 Å². The number of hydrogen-bond acceptors (Lipinski definition) is 3. The second-order valence-electron chi connectivity index (χ2n) is 1.62. The van der Waals surface area contributed by atoms with E-state index in [0.29, 0.717) is 0 Å². The number of Topliss-reactive ketones (excluding diaryl/α,β-unsaturated/α-hetero) is 1. The molecule has 0 bridgehead atoms. The average molecular weight is 177 g/mol. The van der Waals surface area contributed by atoms with Crippen molar-refractivity contribution in [2.75, 3.05) is 0 Å². The van der Waals surface area contributed by atoms with Gasteiger partial charge in [-0.3, -0.25) is 4.79 Å². The molecule has 0 aromatic heterocycles. The van der Waals surface area contributed by atoms with E-state index in [4.69, 9.17) is 6.85 Å². The molecule has 0 N–H and O–H groups in total. The average Bonchev–Trinajstić information content (AvgIpc) is 2.23. The van der Waals surface area contributed by atoms with Gasteiger partial charge in [0.2, 0.25) is 5.78 Å². The van der Waals surface area contributed by atoms with Crippen molar-refractivity contribution in [3.8, 4) is 0 Å². The van der Waals surface area contributed by atoms with Crippen molar-refractivity contribution in [2.45, 2.75) is 0 Å². The van der Waals surface area contributed by atoms with E-state index < -0.39 is 47.5 Å². The predicted octanol–water partition coefficient (Wildman–Crippen LogP) is -3.38. The number of carboxylic acid groups (broad SMARTS) is 1. The molecule has 0 radical (unpaired) electrons. The molecule has 1 aromatic carbocycles. The van der Waals surface area contributed by atoms with Crippen molar-refractivity contribution in [3.05, 3.63) is 35.8 Å². The van der Waals surface area contributed by atoms with Gasteiger partial charge < -0.3 is 9.90 Å². The minimum absolute atomic E-state index is 0. The Morgan fingerprint density at radius 1 is 1.25 bits per heavy atom. The summed E-state index contributed by atoms with van der Waals surface area (Å²) in [6, 6.07) is -3.90. The maximum absolute atomic E-state index is 11.1. The van der Waals surface area contributed by atoms with Gasteiger partial charge in [-0.2, -0.15) is 0 Å². The molecule has 1 rings (SSSR count). The van der Waals surface area contributed by atoms with Crippen molar-refractivity contribution in [3.63, 3.8) is 0 Å². The minimum Gasteiger partial charge on any atom is -0.541 e. The van der Waals surface area contributed by atoms with E-state index in [1.165, 1.54) is 0 Å². The number of carbonyl (C=O) groups excluding carboxylic acids is 2. The predicted molar refractivity (Wildman–Crippen MR) is 35.8 cm³/mol. The molecule has 0 saturated heterocycles. The molecule has 1 aromatic rings. The molecule has 0 aliphatic carbocycles. The first-order valence-corrected chi connectivity index (χ1v) is 2.61. The van der Waals surface area contributed by atoms with Gasteiger partial charge in [-0.05, 0) is 0 Å². The van der Waals surface area contributed by atoms with Gasteiger partial charge in [0, 0.05) is 5.56 Å². The van der Waals surface area contributed by atoms with Crippen LogP contribution in [0.25, 0.3) is 0 Å². The number of ketones is 1. The largest absolute Gasteiger partial charge is 1.00 e. The molecule has 0 amide bonds. The summed E-state index contributed by atoms with van der Waals surface area (Å²) in [6.07, 6.45) is 0. The summed E-state index contributed by atoms with van der Waals surface area (Å²) in [6.45, 7) is 0. The quantitative estimate of drug-likeness (QED) is 0.269. The van der Waals surface area contributed by atoms with Crippen LogP contribution in [0.1, 0.15) is 17.2 Å². The van der Waals surface area contributed by atoms with Crippen LogP contribution in [0, 0.1) is 0 Å². The summed E-state index contributed by atoms with van der Waals surface area (Å²) in [7, 11) is 0. The molecule has 0 heterocycles. The Morgan fingerprint density at radius 2 is 1.75 bits per heavy atom. The molecule has 0 saturated carbocycles. The zero-order chi connectivity index (χ0) is 12.6. The van der Waals surface area contributed by atoms with Gasteiger partial charge in [0.1, 0.15) is 5.97 Å². The zero-order valence-electron chi connectivity index (χ0n) is 11.2. The topological polar surface area (TPSA) is 57.2 Å². The van der Waals surface area contributed by atoms with Gasteiger partial charge in [-0.15, -0.1) is 0 Å². The third-order valence-electron chi connectivity index (χ3n) is 0.912. The number of rotatable bonds is 2. The Kier molecular flexibility index (Phi) is 2.19. The van der Waals surface area contributed by atoms with Gasteiger partial charge in [0.05, 0.1) is 6.85 Å². The van der Waals surface area contributed by atoms with Gasteiger partial charge in [-0.1, -0.05) is 30.2 Å². The molecule has 56 valence electrons. The molecule has 12 heavy (non-hydrogen) atoms. The number of aliphatic carboxylic acids is 1. The molecule has 0 atom stereocenters. The molecule has 4 heteroatoms. The van der Waals surface area contributed by atoms with Crippen molar-refractivity contribution in [2.24, 2.45) is 0 Å². The smallest absolute Gasteiger partial charge is 0.541 e. The second-order valence-corrected chi connectivity index (χ2v) is 1.62. The molecule has 0 fully saturated rings. The summed E-state index contributed by atoms with van der Waals surface area (Å²) in [5.74, 6) is -3.74. The summed E-state index contributed by atoms with van der Waals surface area (Å²) >= 11 is 0. The van der Waals surface area contributed by atoms with Crippen molar-refractivity contribution in [1.82, 2.24) is 0 Å². The maximum Gasteiger partial charge on any atom is 1.00 e. The fourth-order valence-electron chi connectivity index (χ4n) is 0.466. The van der Waals surface area contributed by atoms with Gasteiger partial charge in [-0.25, -0.2) is 0 Å². The van der Waals surface area contributed by atoms with Gasteiger partial charge in [0.25, 0.3) is 0 Å². The summed E-state index contributed by atoms with van der Waals surface area (Å²) in [5, 5.41) is 10.3. The van der Waals surface area contributed by atoms with Crippen molar-refractivity contribution < 1.29 is 51.1 Å². The monoisotopic (exact) mass is 177 g/mol. The minimum atomic E-state index is -2.11. The van der Waals surface area contributed by atoms with E-state index >= 15 is 0 Å². The molecule has 3 nitrogen and oxygen atoms in total. The standard InChI is InChI=1S/C8H6O3.Na/c9-7(8(10)11)6-4-2-1-3-5-6;/h1-5H,(H,10,11);/q;+1/p-1/i1D,2D,3D,4D,5D;. The van der Waals surface area contributed by atoms with Crippen LogP contribution in [0.2, 0.25) is 0 Å². The van der Waals surface area contributed by atoms with Crippen LogP contribution >= 0.6 is 0 Å². The number of hydrogen-bond donors (Lipinski definition) is 0. The van der Waals surface area contributed by atoms with E-state index in [0.717, 1.165) is 0 Å². The Bertz CT molecular complexity index is 473. The van der Waals surface area contributed by atoms with Crippen LogP contribution in [0.4, 0.5) is 0 Å². The van der Waals surface area contributed by atoms with Crippen LogP contribution in [0.3, 0.4) is 0 Å². The Hall–Kier alpha value is -0.640. The first-order chi connectivity index (χ1) is 7.29. The maximum atomic E-state index is 11.1. The van der Waals surface area contributed by atoms with E-state index in [1.54, 1.807) is 0 Å². The molecule has 0 unspecified atom stereocenters. The fourth-order valence-corrected chi connectivity index (χ4v) is 0.466. The van der Waals surface area contributed by atoms with Crippen molar-refractivity contribution >= 4 is 11.8 Å². The van der Waals surface area contributed by atoms with E-state index in [9.17, 15) is 14.7 Å². The Morgan fingerprint density at radius 3 is 2.17 bits per heavy atom. The summed E-state index contributed by atoms with van der Waals surface area (Å²) in [4.78, 5) is 21.4. The van der Waals surface area contributed by atoms with Gasteiger partial charge in [0.15, 0.2) is 0 Å². The fraction of sp³-hybridized carbons (Fsp3) is 0. The number of carboxylic acids is 1. The SMILES string of the molecule is [2H]c1c([2H])c([2H])c(C(=O)C(=O)[O-])c([2H])c1[2H].[Na+]. The Labute approximate surface area is 98.7 Å². The summed E-state index contributed by atoms with van der Waals surface area (Å²) < 4.78 is 36.2. The Balaban J connectivity index is 0.00000256. The van der Waals surface area contributed by atoms with Crippen LogP contribution in [-0.4, -0.2) is 11.8 Å². The molecular weight excluding hydrogens is 167 g/mol.